The van der Waals surface area contributed by atoms with Crippen LogP contribution in [0.3, 0.4) is 0 Å². The molecule has 106 valence electrons. The Balaban J connectivity index is 1.97. The molecule has 0 aliphatic rings. The molecule has 0 aromatic heterocycles. The highest BCUT2D eigenvalue weighted by Crippen LogP contribution is 2.14. The van der Waals surface area contributed by atoms with Gasteiger partial charge in [-0.2, -0.15) is 0 Å². The first kappa shape index (κ1) is 14.9. The molecule has 5 heteroatoms. The second-order valence-corrected chi connectivity index (χ2v) is 7.33. The van der Waals surface area contributed by atoms with Gasteiger partial charge in [0, 0.05) is 10.7 Å². The van der Waals surface area contributed by atoms with Crippen molar-refractivity contribution in [2.75, 3.05) is 11.5 Å². The fourth-order valence-corrected chi connectivity index (χ4v) is 3.38. The van der Waals surface area contributed by atoms with E-state index >= 15 is 0 Å². The van der Waals surface area contributed by atoms with Crippen molar-refractivity contribution in [1.29, 1.82) is 0 Å². The molecule has 0 bridgehead atoms. The summed E-state index contributed by atoms with van der Waals surface area (Å²) in [5, 5.41) is 0.605. The van der Waals surface area contributed by atoms with E-state index in [0.29, 0.717) is 17.1 Å². The summed E-state index contributed by atoms with van der Waals surface area (Å²) in [6, 6.07) is 14.1. The number of anilines is 1. The summed E-state index contributed by atoms with van der Waals surface area (Å²) < 4.78 is 24.1. The largest absolute Gasteiger partial charge is 0.399 e. The Kier molecular flexibility index (Phi) is 4.68. The molecule has 0 unspecified atom stereocenters. The van der Waals surface area contributed by atoms with Crippen LogP contribution in [-0.4, -0.2) is 14.2 Å². The number of halogens is 1. The number of rotatable bonds is 5. The molecule has 20 heavy (non-hydrogen) atoms. The first-order chi connectivity index (χ1) is 9.44. The zero-order valence-electron chi connectivity index (χ0n) is 10.9. The molecular weight excluding hydrogens is 294 g/mol. The molecule has 0 radical (unpaired) electrons. The number of sulfone groups is 1. The quantitative estimate of drug-likeness (QED) is 0.863. The zero-order valence-corrected chi connectivity index (χ0v) is 12.5. The zero-order chi connectivity index (χ0) is 14.6. The third-order valence-electron chi connectivity index (χ3n) is 2.98. The van der Waals surface area contributed by atoms with E-state index in [2.05, 4.69) is 0 Å². The van der Waals surface area contributed by atoms with E-state index in [1.165, 1.54) is 0 Å². The average molecular weight is 310 g/mol. The summed E-state index contributed by atoms with van der Waals surface area (Å²) in [5.41, 5.74) is 8.00. The third-order valence-corrected chi connectivity index (χ3v) is 4.83. The number of hydrogen-bond acceptors (Lipinski definition) is 3. The van der Waals surface area contributed by atoms with Gasteiger partial charge in [-0.25, -0.2) is 8.42 Å². The van der Waals surface area contributed by atoms with Gasteiger partial charge in [0.2, 0.25) is 0 Å². The Morgan fingerprint density at radius 2 is 1.45 bits per heavy atom. The van der Waals surface area contributed by atoms with E-state index in [1.807, 2.05) is 12.1 Å². The van der Waals surface area contributed by atoms with Crippen LogP contribution in [0.25, 0.3) is 0 Å². The molecule has 0 atom stereocenters. The fourth-order valence-electron chi connectivity index (χ4n) is 1.86. The maximum Gasteiger partial charge on any atom is 0.154 e. The van der Waals surface area contributed by atoms with Crippen molar-refractivity contribution in [2.45, 2.75) is 12.2 Å². The van der Waals surface area contributed by atoms with E-state index < -0.39 is 9.84 Å². The Morgan fingerprint density at radius 3 is 2.05 bits per heavy atom. The molecule has 2 aromatic rings. The number of nitrogens with two attached hydrogens (primary N) is 1. The van der Waals surface area contributed by atoms with Crippen molar-refractivity contribution in [3.63, 3.8) is 0 Å². The van der Waals surface area contributed by atoms with Crippen molar-refractivity contribution >= 4 is 27.1 Å². The highest BCUT2D eigenvalue weighted by Gasteiger charge is 2.12. The summed E-state index contributed by atoms with van der Waals surface area (Å²) in [6.45, 7) is 0. The second-order valence-electron chi connectivity index (χ2n) is 4.71. The molecule has 0 saturated carbocycles. The molecule has 2 rings (SSSR count). The Bertz CT molecular complexity index is 664. The average Bonchev–Trinajstić information content (AvgIpc) is 2.41. The molecule has 0 amide bonds. The summed E-state index contributed by atoms with van der Waals surface area (Å²) in [6.07, 6.45) is 0.496. The monoisotopic (exact) mass is 309 g/mol. The predicted molar refractivity (Wildman–Crippen MR) is 83.5 cm³/mol. The number of benzene rings is 2. The molecule has 0 spiro atoms. The molecule has 2 N–H and O–H groups in total. The van der Waals surface area contributed by atoms with Gasteiger partial charge in [0.05, 0.1) is 11.5 Å². The van der Waals surface area contributed by atoms with Gasteiger partial charge in [-0.3, -0.25) is 0 Å². The van der Waals surface area contributed by atoms with Gasteiger partial charge in [-0.1, -0.05) is 35.9 Å². The molecule has 0 aliphatic carbocycles. The number of nitrogen functional groups attached to an aromatic ring is 1. The molecule has 0 fully saturated rings. The van der Waals surface area contributed by atoms with E-state index in [-0.39, 0.29) is 11.5 Å². The molecule has 0 saturated heterocycles. The normalized spacial score (nSPS) is 11.4. The van der Waals surface area contributed by atoms with Gasteiger partial charge in [-0.15, -0.1) is 0 Å². The second kappa shape index (κ2) is 6.29. The Hall–Kier alpha value is -1.52. The van der Waals surface area contributed by atoms with Crippen LogP contribution in [-0.2, 0) is 22.0 Å². The fraction of sp³-hybridized carbons (Fsp3) is 0.200. The van der Waals surface area contributed by atoms with Crippen LogP contribution in [0.2, 0.25) is 5.02 Å². The van der Waals surface area contributed by atoms with Crippen molar-refractivity contribution in [1.82, 2.24) is 0 Å². The van der Waals surface area contributed by atoms with Crippen LogP contribution in [0.1, 0.15) is 11.1 Å². The highest BCUT2D eigenvalue weighted by molar-refractivity contribution is 7.90. The maximum atomic E-state index is 12.1. The van der Waals surface area contributed by atoms with E-state index in [1.54, 1.807) is 36.4 Å². The molecule has 3 nitrogen and oxygen atoms in total. The summed E-state index contributed by atoms with van der Waals surface area (Å²) in [7, 11) is -3.13. The van der Waals surface area contributed by atoms with Crippen LogP contribution in [0.4, 0.5) is 5.69 Å². The van der Waals surface area contributed by atoms with Crippen molar-refractivity contribution in [3.05, 3.63) is 64.7 Å². The SMILES string of the molecule is Nc1ccc(CCS(=O)(=O)Cc2ccc(Cl)cc2)cc1. The minimum absolute atomic E-state index is 0.0408. The van der Waals surface area contributed by atoms with Gasteiger partial charge in [0.1, 0.15) is 0 Å². The van der Waals surface area contributed by atoms with Crippen molar-refractivity contribution in [3.8, 4) is 0 Å². The summed E-state index contributed by atoms with van der Waals surface area (Å²) in [5.74, 6) is 0.165. The van der Waals surface area contributed by atoms with Crippen LogP contribution in [0.15, 0.2) is 48.5 Å². The molecule has 0 aliphatic heterocycles. The topological polar surface area (TPSA) is 60.2 Å². The summed E-state index contributed by atoms with van der Waals surface area (Å²) >= 11 is 5.78. The van der Waals surface area contributed by atoms with Gasteiger partial charge in [-0.05, 0) is 41.8 Å². The van der Waals surface area contributed by atoms with Crippen LogP contribution < -0.4 is 5.73 Å². The lowest BCUT2D eigenvalue weighted by atomic mass is 10.2. The van der Waals surface area contributed by atoms with E-state index in [4.69, 9.17) is 17.3 Å². The standard InChI is InChI=1S/C15H16ClNO2S/c16-14-5-1-13(2-6-14)11-20(18,19)10-9-12-3-7-15(17)8-4-12/h1-8H,9-11,17H2. The third kappa shape index (κ3) is 4.54. The van der Waals surface area contributed by atoms with Gasteiger partial charge in [0.25, 0.3) is 0 Å². The minimum Gasteiger partial charge on any atom is -0.399 e. The lowest BCUT2D eigenvalue weighted by Gasteiger charge is -2.05. The van der Waals surface area contributed by atoms with Crippen LogP contribution >= 0.6 is 11.6 Å². The number of aryl methyl sites for hydroxylation is 1. The van der Waals surface area contributed by atoms with E-state index in [9.17, 15) is 8.42 Å². The number of hydrogen-bond donors (Lipinski definition) is 1. The minimum atomic E-state index is -3.13. The van der Waals surface area contributed by atoms with Crippen molar-refractivity contribution in [2.24, 2.45) is 0 Å². The van der Waals surface area contributed by atoms with Gasteiger partial charge >= 0.3 is 0 Å². The first-order valence-corrected chi connectivity index (χ1v) is 8.44. The van der Waals surface area contributed by atoms with Gasteiger partial charge < -0.3 is 5.73 Å². The van der Waals surface area contributed by atoms with Gasteiger partial charge in [0.15, 0.2) is 9.84 Å². The van der Waals surface area contributed by atoms with Crippen LogP contribution in [0, 0.1) is 0 Å². The lowest BCUT2D eigenvalue weighted by molar-refractivity contribution is 0.594. The lowest BCUT2D eigenvalue weighted by Crippen LogP contribution is -2.11. The predicted octanol–water partition coefficient (Wildman–Crippen LogP) is 3.08. The molecule has 2 aromatic carbocycles. The van der Waals surface area contributed by atoms with Crippen LogP contribution in [0.5, 0.6) is 0 Å². The Morgan fingerprint density at radius 1 is 0.900 bits per heavy atom. The first-order valence-electron chi connectivity index (χ1n) is 6.24. The summed E-state index contributed by atoms with van der Waals surface area (Å²) in [4.78, 5) is 0. The smallest absolute Gasteiger partial charge is 0.154 e. The van der Waals surface area contributed by atoms with Crippen molar-refractivity contribution < 1.29 is 8.42 Å². The Labute approximate surface area is 124 Å². The highest BCUT2D eigenvalue weighted by atomic mass is 35.5. The van der Waals surface area contributed by atoms with E-state index in [0.717, 1.165) is 11.1 Å². The molecule has 0 heterocycles. The maximum absolute atomic E-state index is 12.1. The molecular formula is C15H16ClNO2S.